The van der Waals surface area contributed by atoms with E-state index in [1.165, 1.54) is 6.08 Å². The summed E-state index contributed by atoms with van der Waals surface area (Å²) in [5.41, 5.74) is 2.40. The monoisotopic (exact) mass is 376 g/mol. The van der Waals surface area contributed by atoms with Gasteiger partial charge in [0.25, 0.3) is 0 Å². The van der Waals surface area contributed by atoms with E-state index in [2.05, 4.69) is 6.58 Å². The van der Waals surface area contributed by atoms with Gasteiger partial charge in [-0.25, -0.2) is 0 Å². The van der Waals surface area contributed by atoms with E-state index in [0.29, 0.717) is 19.1 Å². The number of hydrogen-bond acceptors (Lipinski definition) is 4. The van der Waals surface area contributed by atoms with Crippen LogP contribution in [0.1, 0.15) is 29.0 Å². The number of aryl methyl sites for hydroxylation is 1. The van der Waals surface area contributed by atoms with Crippen molar-refractivity contribution < 1.29 is 20.1 Å². The molecule has 4 heteroatoms. The van der Waals surface area contributed by atoms with Crippen molar-refractivity contribution in [3.05, 3.63) is 102 Å². The van der Waals surface area contributed by atoms with Crippen LogP contribution in [0, 0.1) is 0 Å². The molecule has 3 N–H and O–H groups in total. The van der Waals surface area contributed by atoms with Crippen LogP contribution in [0.25, 0.3) is 0 Å². The minimum atomic E-state index is -0.160. The summed E-state index contributed by atoms with van der Waals surface area (Å²) < 4.78 is 0. The van der Waals surface area contributed by atoms with Crippen molar-refractivity contribution in [1.29, 1.82) is 0 Å². The third-order valence-corrected chi connectivity index (χ3v) is 4.41. The van der Waals surface area contributed by atoms with Gasteiger partial charge < -0.3 is 15.3 Å². The Hall–Kier alpha value is -3.53. The van der Waals surface area contributed by atoms with Gasteiger partial charge in [0.05, 0.1) is 0 Å². The summed E-state index contributed by atoms with van der Waals surface area (Å²) >= 11 is 0. The summed E-state index contributed by atoms with van der Waals surface area (Å²) in [6, 6.07) is 21.6. The highest BCUT2D eigenvalue weighted by molar-refractivity contribution is 5.63. The van der Waals surface area contributed by atoms with Gasteiger partial charge in [0.2, 0.25) is 0 Å². The maximum Gasteiger partial charge on any atom is 0.142 e. The molecule has 0 amide bonds. The molecule has 0 unspecified atom stereocenters. The smallest absolute Gasteiger partial charge is 0.142 e. The summed E-state index contributed by atoms with van der Waals surface area (Å²) in [4.78, 5) is 9.06. The number of phenols is 3. The fraction of sp³-hybridized carbons (Fsp3) is 0.125. The second-order valence-electron chi connectivity index (χ2n) is 6.21. The molecule has 3 aromatic rings. The standard InChI is InChI=1S/C21H20O3.C3H4O/c22-19-10-4-1-7-15(19)13-14-16(17-8-2-5-11-20(17)23)18-9-3-6-12-21(18)24;1-2-3-4/h1-12,16,22-24H,13-14H2;2-3H,1H2. The van der Waals surface area contributed by atoms with Crippen LogP contribution in [-0.4, -0.2) is 21.6 Å². The molecule has 4 nitrogen and oxygen atoms in total. The molecule has 0 bridgehead atoms. The van der Waals surface area contributed by atoms with Crippen molar-refractivity contribution in [2.24, 2.45) is 0 Å². The number of aldehydes is 1. The summed E-state index contributed by atoms with van der Waals surface area (Å²) in [6.07, 6.45) is 3.13. The lowest BCUT2D eigenvalue weighted by Crippen LogP contribution is -2.04. The first kappa shape index (κ1) is 20.8. The number of benzene rings is 3. The molecule has 28 heavy (non-hydrogen) atoms. The zero-order valence-electron chi connectivity index (χ0n) is 15.5. The van der Waals surface area contributed by atoms with Gasteiger partial charge in [0, 0.05) is 17.0 Å². The number of phenolic OH excluding ortho intramolecular Hbond substituents is 3. The van der Waals surface area contributed by atoms with Crippen LogP contribution in [0.3, 0.4) is 0 Å². The average Bonchev–Trinajstić information content (AvgIpc) is 2.72. The van der Waals surface area contributed by atoms with Gasteiger partial charge in [-0.2, -0.15) is 0 Å². The normalized spacial score (nSPS) is 10.0. The minimum absolute atomic E-state index is 0.160. The third-order valence-electron chi connectivity index (χ3n) is 4.41. The molecule has 0 aromatic heterocycles. The first-order valence-corrected chi connectivity index (χ1v) is 8.97. The summed E-state index contributed by atoms with van der Waals surface area (Å²) in [7, 11) is 0. The van der Waals surface area contributed by atoms with Crippen LogP contribution >= 0.6 is 0 Å². The molecular formula is C24H24O4. The highest BCUT2D eigenvalue weighted by atomic mass is 16.3. The zero-order valence-corrected chi connectivity index (χ0v) is 15.5. The van der Waals surface area contributed by atoms with Gasteiger partial charge in [-0.3, -0.25) is 4.79 Å². The van der Waals surface area contributed by atoms with Gasteiger partial charge in [-0.05, 0) is 42.7 Å². The fourth-order valence-corrected chi connectivity index (χ4v) is 3.06. The zero-order chi connectivity index (χ0) is 20.4. The van der Waals surface area contributed by atoms with E-state index in [9.17, 15) is 15.3 Å². The molecule has 0 saturated carbocycles. The SMILES string of the molecule is C=CC=O.Oc1ccccc1CCC(c1ccccc1O)c1ccccc1O. The predicted octanol–water partition coefficient (Wildman–Crippen LogP) is 4.94. The van der Waals surface area contributed by atoms with Crippen molar-refractivity contribution in [2.75, 3.05) is 0 Å². The maximum absolute atomic E-state index is 10.3. The molecule has 3 rings (SSSR count). The number of allylic oxidation sites excluding steroid dienone is 1. The van der Waals surface area contributed by atoms with Crippen molar-refractivity contribution in [3.8, 4) is 17.2 Å². The molecule has 0 aliphatic carbocycles. The first-order valence-electron chi connectivity index (χ1n) is 8.97. The van der Waals surface area contributed by atoms with E-state index < -0.39 is 0 Å². The number of aromatic hydroxyl groups is 3. The predicted molar refractivity (Wildman–Crippen MR) is 111 cm³/mol. The van der Waals surface area contributed by atoms with Crippen LogP contribution in [-0.2, 0) is 11.2 Å². The fourth-order valence-electron chi connectivity index (χ4n) is 3.06. The highest BCUT2D eigenvalue weighted by Crippen LogP contribution is 2.38. The summed E-state index contributed by atoms with van der Waals surface area (Å²) in [6.45, 7) is 3.11. The Morgan fingerprint density at radius 3 is 1.61 bits per heavy atom. The van der Waals surface area contributed by atoms with E-state index >= 15 is 0 Å². The van der Waals surface area contributed by atoms with Gasteiger partial charge in [0.1, 0.15) is 23.5 Å². The first-order chi connectivity index (χ1) is 13.6. The van der Waals surface area contributed by atoms with E-state index in [1.54, 1.807) is 36.4 Å². The lowest BCUT2D eigenvalue weighted by atomic mass is 9.85. The van der Waals surface area contributed by atoms with Crippen molar-refractivity contribution in [1.82, 2.24) is 0 Å². The van der Waals surface area contributed by atoms with Crippen LogP contribution in [0.5, 0.6) is 17.2 Å². The van der Waals surface area contributed by atoms with Gasteiger partial charge in [0.15, 0.2) is 0 Å². The quantitative estimate of drug-likeness (QED) is 0.421. The third kappa shape index (κ3) is 5.48. The van der Waals surface area contributed by atoms with Crippen molar-refractivity contribution in [3.63, 3.8) is 0 Å². The Morgan fingerprint density at radius 2 is 1.18 bits per heavy atom. The molecule has 3 aromatic carbocycles. The maximum atomic E-state index is 10.3. The molecule has 0 saturated heterocycles. The van der Waals surface area contributed by atoms with E-state index in [-0.39, 0.29) is 23.2 Å². The Morgan fingerprint density at radius 1 is 0.750 bits per heavy atom. The van der Waals surface area contributed by atoms with Crippen LogP contribution in [0.2, 0.25) is 0 Å². The van der Waals surface area contributed by atoms with Gasteiger partial charge >= 0.3 is 0 Å². The Balaban J connectivity index is 0.000000640. The van der Waals surface area contributed by atoms with Crippen LogP contribution in [0.15, 0.2) is 85.5 Å². The second-order valence-corrected chi connectivity index (χ2v) is 6.21. The largest absolute Gasteiger partial charge is 0.508 e. The lowest BCUT2D eigenvalue weighted by molar-refractivity contribution is -0.104. The summed E-state index contributed by atoms with van der Waals surface area (Å²) in [5, 5.41) is 30.5. The highest BCUT2D eigenvalue weighted by Gasteiger charge is 2.20. The Bertz CT molecular complexity index is 866. The topological polar surface area (TPSA) is 77.8 Å². The molecule has 0 heterocycles. The second kappa shape index (κ2) is 10.6. The van der Waals surface area contributed by atoms with Crippen molar-refractivity contribution >= 4 is 6.29 Å². The number of hydrogen-bond donors (Lipinski definition) is 3. The van der Waals surface area contributed by atoms with Crippen LogP contribution < -0.4 is 0 Å². The summed E-state index contributed by atoms with van der Waals surface area (Å²) in [5.74, 6) is 0.531. The van der Waals surface area contributed by atoms with Gasteiger partial charge in [-0.15, -0.1) is 0 Å². The molecule has 0 aliphatic rings. The van der Waals surface area contributed by atoms with Crippen molar-refractivity contribution in [2.45, 2.75) is 18.8 Å². The van der Waals surface area contributed by atoms with E-state index in [1.807, 2.05) is 36.4 Å². The average molecular weight is 376 g/mol. The minimum Gasteiger partial charge on any atom is -0.508 e. The van der Waals surface area contributed by atoms with E-state index in [0.717, 1.165) is 16.7 Å². The Labute approximate surface area is 165 Å². The number of carbonyl (C=O) groups excluding carboxylic acids is 1. The molecular weight excluding hydrogens is 352 g/mol. The molecule has 0 radical (unpaired) electrons. The van der Waals surface area contributed by atoms with Gasteiger partial charge in [-0.1, -0.05) is 61.2 Å². The molecule has 0 aliphatic heterocycles. The van der Waals surface area contributed by atoms with Crippen LogP contribution in [0.4, 0.5) is 0 Å². The molecule has 144 valence electrons. The molecule has 0 fully saturated rings. The number of carbonyl (C=O) groups is 1. The lowest BCUT2D eigenvalue weighted by Gasteiger charge is -2.20. The van der Waals surface area contributed by atoms with E-state index in [4.69, 9.17) is 4.79 Å². The molecule has 0 atom stereocenters. The number of rotatable bonds is 6. The number of para-hydroxylation sites is 3. The molecule has 0 spiro atoms. The Kier molecular flexibility index (Phi) is 7.85.